The summed E-state index contributed by atoms with van der Waals surface area (Å²) in [7, 11) is 0. The summed E-state index contributed by atoms with van der Waals surface area (Å²) in [6.45, 7) is 0.608. The number of hydrogen-bond acceptors (Lipinski definition) is 3. The molecule has 1 aromatic heterocycles. The molecule has 2 nitrogen and oxygen atoms in total. The van der Waals surface area contributed by atoms with Crippen LogP contribution in [0.25, 0.3) is 0 Å². The molecular weight excluding hydrogens is 228 g/mol. The zero-order valence-corrected chi connectivity index (χ0v) is 9.85. The van der Waals surface area contributed by atoms with Crippen LogP contribution in [0.1, 0.15) is 16.8 Å². The van der Waals surface area contributed by atoms with Gasteiger partial charge >= 0.3 is 0 Å². The van der Waals surface area contributed by atoms with Gasteiger partial charge in [0.15, 0.2) is 0 Å². The zero-order chi connectivity index (χ0) is 9.80. The fourth-order valence-corrected chi connectivity index (χ4v) is 1.89. The molecule has 1 heterocycles. The first-order chi connectivity index (χ1) is 6.88. The third kappa shape index (κ3) is 3.30. The Morgan fingerprint density at radius 3 is 2.33 bits per heavy atom. The molecule has 0 spiro atoms. The van der Waals surface area contributed by atoms with Gasteiger partial charge in [0.05, 0.1) is 11.2 Å². The Hall–Kier alpha value is -0.900. The first kappa shape index (κ1) is 12.2. The Kier molecular flexibility index (Phi) is 4.75. The topological polar surface area (TPSA) is 38.9 Å². The Labute approximate surface area is 99.6 Å². The highest BCUT2D eigenvalue weighted by molar-refractivity contribution is 7.07. The molecule has 2 N–H and O–H groups in total. The highest BCUT2D eigenvalue weighted by Gasteiger charge is 1.97. The average Bonchev–Trinajstić information content (AvgIpc) is 2.72. The van der Waals surface area contributed by atoms with Crippen LogP contribution in [0.2, 0.25) is 0 Å². The highest BCUT2D eigenvalue weighted by atomic mass is 35.5. The third-order valence-electron chi connectivity index (χ3n) is 2.13. The zero-order valence-electron chi connectivity index (χ0n) is 8.22. The third-order valence-corrected chi connectivity index (χ3v) is 2.76. The number of nitrogens with two attached hydrogens (primary N) is 1. The van der Waals surface area contributed by atoms with Gasteiger partial charge < -0.3 is 5.73 Å². The standard InChI is InChI=1S/C11H12N2S.ClH/c12-6-10-3-1-9(2-4-10)5-11-7-14-8-13-11;/h1-4,7-8H,5-6,12H2;1H. The monoisotopic (exact) mass is 240 g/mol. The first-order valence-corrected chi connectivity index (χ1v) is 5.47. The van der Waals surface area contributed by atoms with Gasteiger partial charge in [-0.05, 0) is 11.1 Å². The first-order valence-electron chi connectivity index (χ1n) is 4.53. The van der Waals surface area contributed by atoms with Crippen molar-refractivity contribution in [2.45, 2.75) is 13.0 Å². The highest BCUT2D eigenvalue weighted by Crippen LogP contribution is 2.10. The molecule has 2 rings (SSSR count). The van der Waals surface area contributed by atoms with E-state index in [1.807, 2.05) is 5.51 Å². The SMILES string of the molecule is Cl.NCc1ccc(Cc2cscn2)cc1. The number of halogens is 1. The van der Waals surface area contributed by atoms with E-state index in [-0.39, 0.29) is 12.4 Å². The second-order valence-electron chi connectivity index (χ2n) is 3.18. The number of hydrogen-bond donors (Lipinski definition) is 1. The molecule has 4 heteroatoms. The van der Waals surface area contributed by atoms with Gasteiger partial charge in [-0.3, -0.25) is 0 Å². The van der Waals surface area contributed by atoms with Crippen LogP contribution in [-0.2, 0) is 13.0 Å². The molecule has 0 fully saturated rings. The molecule has 0 saturated carbocycles. The second-order valence-corrected chi connectivity index (χ2v) is 3.90. The van der Waals surface area contributed by atoms with E-state index >= 15 is 0 Å². The predicted octanol–water partition coefficient (Wildman–Crippen LogP) is 2.61. The minimum atomic E-state index is 0. The van der Waals surface area contributed by atoms with Gasteiger partial charge in [0.1, 0.15) is 0 Å². The largest absolute Gasteiger partial charge is 0.326 e. The molecule has 0 unspecified atom stereocenters. The van der Waals surface area contributed by atoms with Crippen molar-refractivity contribution in [2.24, 2.45) is 5.73 Å². The average molecular weight is 241 g/mol. The van der Waals surface area contributed by atoms with Gasteiger partial charge in [-0.1, -0.05) is 24.3 Å². The summed E-state index contributed by atoms with van der Waals surface area (Å²) in [5.41, 5.74) is 11.0. The molecule has 0 amide bonds. The van der Waals surface area contributed by atoms with Gasteiger partial charge in [-0.15, -0.1) is 23.7 Å². The maximum absolute atomic E-state index is 5.53. The Balaban J connectivity index is 0.00000112. The molecule has 0 saturated heterocycles. The molecule has 80 valence electrons. The normalized spacial score (nSPS) is 9.67. The lowest BCUT2D eigenvalue weighted by atomic mass is 10.1. The molecule has 0 aliphatic heterocycles. The van der Waals surface area contributed by atoms with E-state index in [4.69, 9.17) is 5.73 Å². The van der Waals surface area contributed by atoms with Crippen LogP contribution in [0.3, 0.4) is 0 Å². The lowest BCUT2D eigenvalue weighted by Gasteiger charge is -2.00. The molecular formula is C11H13ClN2S. The molecule has 0 bridgehead atoms. The molecule has 15 heavy (non-hydrogen) atoms. The molecule has 2 aromatic rings. The predicted molar refractivity (Wildman–Crippen MR) is 66.5 cm³/mol. The lowest BCUT2D eigenvalue weighted by molar-refractivity contribution is 1.05. The van der Waals surface area contributed by atoms with Crippen molar-refractivity contribution in [3.8, 4) is 0 Å². The van der Waals surface area contributed by atoms with Crippen molar-refractivity contribution < 1.29 is 0 Å². The van der Waals surface area contributed by atoms with Crippen molar-refractivity contribution in [2.75, 3.05) is 0 Å². The van der Waals surface area contributed by atoms with E-state index < -0.39 is 0 Å². The van der Waals surface area contributed by atoms with Gasteiger partial charge in [-0.2, -0.15) is 0 Å². The van der Waals surface area contributed by atoms with Crippen molar-refractivity contribution >= 4 is 23.7 Å². The summed E-state index contributed by atoms with van der Waals surface area (Å²) in [6, 6.07) is 8.37. The van der Waals surface area contributed by atoms with E-state index in [1.165, 1.54) is 11.1 Å². The molecule has 0 atom stereocenters. The van der Waals surface area contributed by atoms with Crippen LogP contribution >= 0.6 is 23.7 Å². The minimum absolute atomic E-state index is 0. The fraction of sp³-hybridized carbons (Fsp3) is 0.182. The smallest absolute Gasteiger partial charge is 0.0794 e. The minimum Gasteiger partial charge on any atom is -0.326 e. The molecule has 0 radical (unpaired) electrons. The van der Waals surface area contributed by atoms with Crippen molar-refractivity contribution in [3.05, 3.63) is 52.0 Å². The summed E-state index contributed by atoms with van der Waals surface area (Å²) in [5.74, 6) is 0. The number of benzene rings is 1. The van der Waals surface area contributed by atoms with Crippen LogP contribution < -0.4 is 5.73 Å². The summed E-state index contributed by atoms with van der Waals surface area (Å²) in [5, 5.41) is 2.08. The van der Waals surface area contributed by atoms with Crippen molar-refractivity contribution in [1.82, 2.24) is 4.98 Å². The number of nitrogens with zero attached hydrogens (tertiary/aromatic N) is 1. The van der Waals surface area contributed by atoms with Crippen LogP contribution in [-0.4, -0.2) is 4.98 Å². The van der Waals surface area contributed by atoms with E-state index in [2.05, 4.69) is 34.6 Å². The maximum atomic E-state index is 5.53. The summed E-state index contributed by atoms with van der Waals surface area (Å²) >= 11 is 1.64. The maximum Gasteiger partial charge on any atom is 0.0794 e. The number of thiazole rings is 1. The van der Waals surface area contributed by atoms with Gasteiger partial charge in [0.25, 0.3) is 0 Å². The van der Waals surface area contributed by atoms with Gasteiger partial charge in [0, 0.05) is 18.3 Å². The second kappa shape index (κ2) is 5.85. The Morgan fingerprint density at radius 2 is 1.80 bits per heavy atom. The van der Waals surface area contributed by atoms with Crippen molar-refractivity contribution in [3.63, 3.8) is 0 Å². The Morgan fingerprint density at radius 1 is 1.13 bits per heavy atom. The number of aromatic nitrogens is 1. The van der Waals surface area contributed by atoms with E-state index in [9.17, 15) is 0 Å². The lowest BCUT2D eigenvalue weighted by Crippen LogP contribution is -1.96. The summed E-state index contributed by atoms with van der Waals surface area (Å²) < 4.78 is 0. The van der Waals surface area contributed by atoms with E-state index in [1.54, 1.807) is 11.3 Å². The van der Waals surface area contributed by atoms with E-state index in [0.717, 1.165) is 12.1 Å². The fourth-order valence-electron chi connectivity index (χ4n) is 1.33. The summed E-state index contributed by atoms with van der Waals surface area (Å²) in [6.07, 6.45) is 0.911. The quantitative estimate of drug-likeness (QED) is 0.896. The van der Waals surface area contributed by atoms with Gasteiger partial charge in [-0.25, -0.2) is 4.98 Å². The Bertz CT molecular complexity index is 383. The van der Waals surface area contributed by atoms with Crippen LogP contribution in [0, 0.1) is 0 Å². The van der Waals surface area contributed by atoms with Crippen LogP contribution in [0.4, 0.5) is 0 Å². The van der Waals surface area contributed by atoms with E-state index in [0.29, 0.717) is 6.54 Å². The molecule has 1 aromatic carbocycles. The number of rotatable bonds is 3. The van der Waals surface area contributed by atoms with Gasteiger partial charge in [0.2, 0.25) is 0 Å². The molecule has 0 aliphatic rings. The van der Waals surface area contributed by atoms with Crippen molar-refractivity contribution in [1.29, 1.82) is 0 Å². The molecule has 0 aliphatic carbocycles. The van der Waals surface area contributed by atoms with Crippen LogP contribution in [0.15, 0.2) is 35.2 Å². The van der Waals surface area contributed by atoms with Crippen LogP contribution in [0.5, 0.6) is 0 Å². The summed E-state index contributed by atoms with van der Waals surface area (Å²) in [4.78, 5) is 4.25.